The van der Waals surface area contributed by atoms with Crippen LogP contribution in [0.1, 0.15) is 12.0 Å². The molecule has 2 rings (SSSR count). The summed E-state index contributed by atoms with van der Waals surface area (Å²) in [4.78, 5) is 0. The summed E-state index contributed by atoms with van der Waals surface area (Å²) in [7, 11) is 1.70. The number of halogens is 2. The van der Waals surface area contributed by atoms with Crippen molar-refractivity contribution in [3.8, 4) is 0 Å². The number of hydrogen-bond acceptors (Lipinski definition) is 4. The van der Waals surface area contributed by atoms with Crippen molar-refractivity contribution >= 4 is 35.0 Å². The highest BCUT2D eigenvalue weighted by molar-refractivity contribution is 7.98. The van der Waals surface area contributed by atoms with Crippen molar-refractivity contribution < 1.29 is 4.74 Å². The zero-order valence-electron chi connectivity index (χ0n) is 11.1. The Bertz CT molecular complexity index is 562. The van der Waals surface area contributed by atoms with Crippen LogP contribution in [-0.4, -0.2) is 28.5 Å². The van der Waals surface area contributed by atoms with Crippen molar-refractivity contribution in [1.82, 2.24) is 14.8 Å². The SMILES string of the molecule is COCCCn1cnnc1SCc1ccc(Cl)cc1Cl. The van der Waals surface area contributed by atoms with E-state index in [0.717, 1.165) is 36.0 Å². The molecule has 0 aliphatic carbocycles. The fraction of sp³-hybridized carbons (Fsp3) is 0.385. The molecular weight excluding hydrogens is 317 g/mol. The van der Waals surface area contributed by atoms with E-state index in [1.54, 1.807) is 31.3 Å². The summed E-state index contributed by atoms with van der Waals surface area (Å²) in [5.74, 6) is 0.735. The van der Waals surface area contributed by atoms with E-state index in [-0.39, 0.29) is 0 Å². The first-order valence-electron chi connectivity index (χ1n) is 6.14. The van der Waals surface area contributed by atoms with Gasteiger partial charge in [-0.1, -0.05) is 41.0 Å². The molecule has 0 aliphatic rings. The summed E-state index contributed by atoms with van der Waals surface area (Å²) < 4.78 is 7.07. The van der Waals surface area contributed by atoms with Gasteiger partial charge in [0.1, 0.15) is 6.33 Å². The largest absolute Gasteiger partial charge is 0.385 e. The third kappa shape index (κ3) is 4.38. The number of rotatable bonds is 7. The lowest BCUT2D eigenvalue weighted by molar-refractivity contribution is 0.189. The van der Waals surface area contributed by atoms with Crippen LogP contribution in [0, 0.1) is 0 Å². The fourth-order valence-electron chi connectivity index (χ4n) is 1.67. The highest BCUT2D eigenvalue weighted by Crippen LogP contribution is 2.27. The minimum absolute atomic E-state index is 0.645. The summed E-state index contributed by atoms with van der Waals surface area (Å²) >= 11 is 13.6. The van der Waals surface area contributed by atoms with Crippen LogP contribution in [0.2, 0.25) is 10.0 Å². The molecular formula is C13H15Cl2N3OS. The normalized spacial score (nSPS) is 10.9. The molecule has 1 heterocycles. The fourth-order valence-corrected chi connectivity index (χ4v) is 3.17. The topological polar surface area (TPSA) is 39.9 Å². The molecule has 0 N–H and O–H groups in total. The van der Waals surface area contributed by atoms with Crippen molar-refractivity contribution in [2.45, 2.75) is 23.9 Å². The molecule has 108 valence electrons. The second-order valence-corrected chi connectivity index (χ2v) is 5.96. The van der Waals surface area contributed by atoms with Gasteiger partial charge >= 0.3 is 0 Å². The van der Waals surface area contributed by atoms with Crippen LogP contribution in [0.4, 0.5) is 0 Å². The van der Waals surface area contributed by atoms with Gasteiger partial charge in [0.05, 0.1) is 0 Å². The summed E-state index contributed by atoms with van der Waals surface area (Å²) in [6, 6.07) is 5.53. The van der Waals surface area contributed by atoms with Gasteiger partial charge in [0.25, 0.3) is 0 Å². The Kier molecular flexibility index (Phi) is 6.16. The first-order chi connectivity index (χ1) is 9.70. The number of hydrogen-bond donors (Lipinski definition) is 0. The van der Waals surface area contributed by atoms with Crippen LogP contribution in [0.3, 0.4) is 0 Å². The molecule has 0 saturated carbocycles. The van der Waals surface area contributed by atoms with E-state index in [4.69, 9.17) is 27.9 Å². The lowest BCUT2D eigenvalue weighted by Crippen LogP contribution is -2.02. The molecule has 0 amide bonds. The third-order valence-electron chi connectivity index (χ3n) is 2.70. The Morgan fingerprint density at radius 1 is 1.35 bits per heavy atom. The number of thioether (sulfide) groups is 1. The zero-order valence-corrected chi connectivity index (χ0v) is 13.4. The first-order valence-corrected chi connectivity index (χ1v) is 7.88. The van der Waals surface area contributed by atoms with E-state index in [0.29, 0.717) is 10.0 Å². The van der Waals surface area contributed by atoms with Crippen LogP contribution < -0.4 is 0 Å². The maximum Gasteiger partial charge on any atom is 0.191 e. The quantitative estimate of drug-likeness (QED) is 0.569. The van der Waals surface area contributed by atoms with Crippen LogP contribution in [0.25, 0.3) is 0 Å². The summed E-state index contributed by atoms with van der Waals surface area (Å²) in [6.07, 6.45) is 2.67. The maximum absolute atomic E-state index is 6.15. The minimum Gasteiger partial charge on any atom is -0.385 e. The average molecular weight is 332 g/mol. The van der Waals surface area contributed by atoms with E-state index in [1.807, 2.05) is 16.7 Å². The number of ether oxygens (including phenoxy) is 1. The predicted octanol–water partition coefficient (Wildman–Crippen LogP) is 3.91. The summed E-state index contributed by atoms with van der Waals surface area (Å²) in [6.45, 7) is 1.57. The lowest BCUT2D eigenvalue weighted by Gasteiger charge is -2.07. The standard InChI is InChI=1S/C13H15Cl2N3OS/c1-19-6-2-5-18-9-16-17-13(18)20-8-10-3-4-11(14)7-12(10)15/h3-4,7,9H,2,5-6,8H2,1H3. The van der Waals surface area contributed by atoms with Crippen molar-refractivity contribution in [3.63, 3.8) is 0 Å². The smallest absolute Gasteiger partial charge is 0.191 e. The molecule has 0 bridgehead atoms. The first kappa shape index (κ1) is 15.6. The van der Waals surface area contributed by atoms with Gasteiger partial charge in [-0.2, -0.15) is 0 Å². The van der Waals surface area contributed by atoms with Gasteiger partial charge in [-0.15, -0.1) is 10.2 Å². The minimum atomic E-state index is 0.645. The molecule has 4 nitrogen and oxygen atoms in total. The molecule has 0 atom stereocenters. The number of nitrogens with zero attached hydrogens (tertiary/aromatic N) is 3. The molecule has 1 aromatic heterocycles. The number of methoxy groups -OCH3 is 1. The van der Waals surface area contributed by atoms with Gasteiger partial charge in [-0.3, -0.25) is 0 Å². The van der Waals surface area contributed by atoms with Gasteiger partial charge in [0, 0.05) is 36.1 Å². The van der Waals surface area contributed by atoms with E-state index in [1.165, 1.54) is 0 Å². The van der Waals surface area contributed by atoms with Gasteiger partial charge in [-0.05, 0) is 24.1 Å². The van der Waals surface area contributed by atoms with Gasteiger partial charge in [-0.25, -0.2) is 0 Å². The van der Waals surface area contributed by atoms with E-state index >= 15 is 0 Å². The van der Waals surface area contributed by atoms with Crippen LogP contribution >= 0.6 is 35.0 Å². The zero-order chi connectivity index (χ0) is 14.4. The Balaban J connectivity index is 1.95. The predicted molar refractivity (Wildman–Crippen MR) is 82.5 cm³/mol. The molecule has 0 aliphatic heterocycles. The molecule has 7 heteroatoms. The maximum atomic E-state index is 6.15. The van der Waals surface area contributed by atoms with Crippen molar-refractivity contribution in [3.05, 3.63) is 40.1 Å². The second-order valence-electron chi connectivity index (χ2n) is 4.18. The second kappa shape index (κ2) is 7.88. The van der Waals surface area contributed by atoms with Crippen molar-refractivity contribution in [1.29, 1.82) is 0 Å². The molecule has 1 aromatic carbocycles. The van der Waals surface area contributed by atoms with Crippen LogP contribution in [-0.2, 0) is 17.0 Å². The molecule has 0 radical (unpaired) electrons. The number of aromatic nitrogens is 3. The molecule has 0 fully saturated rings. The summed E-state index contributed by atoms with van der Waals surface area (Å²) in [5, 5.41) is 10.3. The van der Waals surface area contributed by atoms with E-state index in [9.17, 15) is 0 Å². The Labute approximate surface area is 132 Å². The van der Waals surface area contributed by atoms with Gasteiger partial charge in [0.15, 0.2) is 5.16 Å². The van der Waals surface area contributed by atoms with E-state index < -0.39 is 0 Å². The van der Waals surface area contributed by atoms with Gasteiger partial charge < -0.3 is 9.30 Å². The number of aryl methyl sites for hydroxylation is 1. The Morgan fingerprint density at radius 2 is 2.20 bits per heavy atom. The lowest BCUT2D eigenvalue weighted by atomic mass is 10.2. The monoisotopic (exact) mass is 331 g/mol. The van der Waals surface area contributed by atoms with Crippen LogP contribution in [0.15, 0.2) is 29.7 Å². The number of benzene rings is 1. The molecule has 0 unspecified atom stereocenters. The molecule has 0 spiro atoms. The highest BCUT2D eigenvalue weighted by Gasteiger charge is 2.07. The summed E-state index contributed by atoms with van der Waals surface area (Å²) in [5.41, 5.74) is 1.03. The van der Waals surface area contributed by atoms with Crippen molar-refractivity contribution in [2.24, 2.45) is 0 Å². The molecule has 0 saturated heterocycles. The highest BCUT2D eigenvalue weighted by atomic mass is 35.5. The van der Waals surface area contributed by atoms with E-state index in [2.05, 4.69) is 10.2 Å². The Morgan fingerprint density at radius 3 is 2.95 bits per heavy atom. The van der Waals surface area contributed by atoms with Crippen molar-refractivity contribution in [2.75, 3.05) is 13.7 Å². The van der Waals surface area contributed by atoms with Crippen LogP contribution in [0.5, 0.6) is 0 Å². The average Bonchev–Trinajstić information content (AvgIpc) is 2.86. The van der Waals surface area contributed by atoms with Gasteiger partial charge in [0.2, 0.25) is 0 Å². The molecule has 2 aromatic rings. The third-order valence-corrected chi connectivity index (χ3v) is 4.32. The Hall–Kier alpha value is -0.750. The molecule has 20 heavy (non-hydrogen) atoms.